The standard InChI is InChI=1S/C18H16ClN3OS/c1-12-6-2-3-7-13(12)10-16-17(23)21-18(24-16)22-20-11-14-8-4-5-9-15(14)19/h2-9,11,16H,10H2,1H3,(H,21,22,23)/b20-11-/t16-/m0/s1. The van der Waals surface area contributed by atoms with Gasteiger partial charge in [-0.1, -0.05) is 65.8 Å². The molecule has 1 aliphatic heterocycles. The molecule has 0 unspecified atom stereocenters. The Morgan fingerprint density at radius 3 is 2.75 bits per heavy atom. The first-order chi connectivity index (χ1) is 11.6. The number of hydrogen-bond acceptors (Lipinski definition) is 4. The largest absolute Gasteiger partial charge is 0.303 e. The van der Waals surface area contributed by atoms with Crippen LogP contribution in [0.1, 0.15) is 16.7 Å². The highest BCUT2D eigenvalue weighted by Gasteiger charge is 2.30. The monoisotopic (exact) mass is 357 g/mol. The fourth-order valence-corrected chi connectivity index (χ4v) is 3.49. The zero-order valence-electron chi connectivity index (χ0n) is 13.1. The predicted octanol–water partition coefficient (Wildman–Crippen LogP) is 3.81. The normalized spacial score (nSPS) is 19.2. The number of amides is 1. The summed E-state index contributed by atoms with van der Waals surface area (Å²) in [5.41, 5.74) is 3.15. The van der Waals surface area contributed by atoms with E-state index in [1.807, 2.05) is 36.4 Å². The van der Waals surface area contributed by atoms with Crippen LogP contribution in [-0.2, 0) is 11.2 Å². The molecule has 2 aromatic carbocycles. The van der Waals surface area contributed by atoms with E-state index in [0.29, 0.717) is 16.6 Å². The average molecular weight is 358 g/mol. The molecule has 2 aromatic rings. The van der Waals surface area contributed by atoms with E-state index in [0.717, 1.165) is 5.56 Å². The molecule has 1 saturated heterocycles. The zero-order chi connectivity index (χ0) is 16.9. The molecule has 1 atom stereocenters. The summed E-state index contributed by atoms with van der Waals surface area (Å²) < 4.78 is 0. The maximum absolute atomic E-state index is 12.1. The molecule has 1 heterocycles. The van der Waals surface area contributed by atoms with Gasteiger partial charge >= 0.3 is 0 Å². The second-order valence-electron chi connectivity index (χ2n) is 5.40. The van der Waals surface area contributed by atoms with Gasteiger partial charge in [-0.15, -0.1) is 5.10 Å². The number of carbonyl (C=O) groups excluding carboxylic acids is 1. The molecule has 0 saturated carbocycles. The summed E-state index contributed by atoms with van der Waals surface area (Å²) in [6.45, 7) is 2.05. The SMILES string of the molecule is Cc1ccccc1C[C@@H]1S/C(=N/N=C\c2ccccc2Cl)NC1=O. The smallest absolute Gasteiger partial charge is 0.239 e. The number of nitrogens with one attached hydrogen (secondary N) is 1. The fourth-order valence-electron chi connectivity index (χ4n) is 2.35. The molecule has 1 amide bonds. The second-order valence-corrected chi connectivity index (χ2v) is 7.00. The maximum atomic E-state index is 12.1. The minimum Gasteiger partial charge on any atom is -0.303 e. The minimum absolute atomic E-state index is 0.0325. The van der Waals surface area contributed by atoms with E-state index in [-0.39, 0.29) is 11.2 Å². The predicted molar refractivity (Wildman–Crippen MR) is 101 cm³/mol. The fraction of sp³-hybridized carbons (Fsp3) is 0.167. The van der Waals surface area contributed by atoms with E-state index >= 15 is 0 Å². The Kier molecular flexibility index (Phi) is 5.33. The third-order valence-corrected chi connectivity index (χ3v) is 5.11. The summed E-state index contributed by atoms with van der Waals surface area (Å²) in [6.07, 6.45) is 2.26. The Bertz CT molecular complexity index is 819. The Morgan fingerprint density at radius 2 is 1.96 bits per heavy atom. The van der Waals surface area contributed by atoms with E-state index in [2.05, 4.69) is 28.5 Å². The number of carbonyl (C=O) groups is 1. The molecule has 0 spiro atoms. The van der Waals surface area contributed by atoms with Gasteiger partial charge in [0.1, 0.15) is 0 Å². The highest BCUT2D eigenvalue weighted by atomic mass is 35.5. The first-order valence-electron chi connectivity index (χ1n) is 7.51. The van der Waals surface area contributed by atoms with Gasteiger partial charge in [0.15, 0.2) is 5.17 Å². The van der Waals surface area contributed by atoms with Crippen molar-refractivity contribution in [2.75, 3.05) is 0 Å². The lowest BCUT2D eigenvalue weighted by Gasteiger charge is -2.07. The summed E-state index contributed by atoms with van der Waals surface area (Å²) in [5.74, 6) is -0.0325. The number of benzene rings is 2. The molecular weight excluding hydrogens is 342 g/mol. The minimum atomic E-state index is -0.180. The lowest BCUT2D eigenvalue weighted by atomic mass is 10.0. The van der Waals surface area contributed by atoms with Gasteiger partial charge in [0.2, 0.25) is 5.91 Å². The van der Waals surface area contributed by atoms with Crippen molar-refractivity contribution < 1.29 is 4.79 Å². The molecular formula is C18H16ClN3OS. The third-order valence-electron chi connectivity index (χ3n) is 3.69. The number of amidine groups is 1. The summed E-state index contributed by atoms with van der Waals surface area (Å²) in [7, 11) is 0. The second kappa shape index (κ2) is 7.64. The number of rotatable bonds is 4. The van der Waals surface area contributed by atoms with Crippen LogP contribution < -0.4 is 5.32 Å². The zero-order valence-corrected chi connectivity index (χ0v) is 14.6. The van der Waals surface area contributed by atoms with Crippen molar-refractivity contribution in [3.63, 3.8) is 0 Å². The number of thioether (sulfide) groups is 1. The summed E-state index contributed by atoms with van der Waals surface area (Å²) in [5, 5.41) is 11.8. The Balaban J connectivity index is 1.66. The van der Waals surface area contributed by atoms with Gasteiger partial charge in [0, 0.05) is 10.6 Å². The first-order valence-corrected chi connectivity index (χ1v) is 8.77. The maximum Gasteiger partial charge on any atom is 0.239 e. The molecule has 0 aromatic heterocycles. The van der Waals surface area contributed by atoms with E-state index < -0.39 is 0 Å². The Hall–Kier alpha value is -2.11. The lowest BCUT2D eigenvalue weighted by molar-refractivity contribution is -0.118. The molecule has 4 nitrogen and oxygen atoms in total. The van der Waals surface area contributed by atoms with Crippen molar-refractivity contribution in [1.29, 1.82) is 0 Å². The van der Waals surface area contributed by atoms with Crippen LogP contribution >= 0.6 is 23.4 Å². The third kappa shape index (κ3) is 4.04. The average Bonchev–Trinajstić information content (AvgIpc) is 2.91. The van der Waals surface area contributed by atoms with Gasteiger partial charge in [-0.2, -0.15) is 5.10 Å². The number of hydrogen-bond donors (Lipinski definition) is 1. The first kappa shape index (κ1) is 16.7. The van der Waals surface area contributed by atoms with E-state index in [1.165, 1.54) is 22.9 Å². The molecule has 24 heavy (non-hydrogen) atoms. The Morgan fingerprint density at radius 1 is 1.21 bits per heavy atom. The molecule has 0 radical (unpaired) electrons. The van der Waals surface area contributed by atoms with Crippen LogP contribution in [0.2, 0.25) is 5.02 Å². The van der Waals surface area contributed by atoms with Crippen molar-refractivity contribution in [2.24, 2.45) is 10.2 Å². The van der Waals surface area contributed by atoms with Crippen molar-refractivity contribution in [2.45, 2.75) is 18.6 Å². The molecule has 1 aliphatic rings. The highest BCUT2D eigenvalue weighted by molar-refractivity contribution is 8.15. The number of aryl methyl sites for hydroxylation is 1. The van der Waals surface area contributed by atoms with Gasteiger partial charge in [-0.25, -0.2) is 0 Å². The lowest BCUT2D eigenvalue weighted by Crippen LogP contribution is -2.26. The molecule has 122 valence electrons. The Labute approximate surface area is 150 Å². The van der Waals surface area contributed by atoms with Crippen LogP contribution in [0, 0.1) is 6.92 Å². The van der Waals surface area contributed by atoms with E-state index in [9.17, 15) is 4.79 Å². The summed E-state index contributed by atoms with van der Waals surface area (Å²) in [4.78, 5) is 12.1. The molecule has 3 rings (SSSR count). The van der Waals surface area contributed by atoms with E-state index in [1.54, 1.807) is 12.3 Å². The van der Waals surface area contributed by atoms with Crippen LogP contribution in [0.15, 0.2) is 58.7 Å². The van der Waals surface area contributed by atoms with Crippen LogP contribution in [0.5, 0.6) is 0 Å². The van der Waals surface area contributed by atoms with Gasteiger partial charge in [0.25, 0.3) is 0 Å². The summed E-state index contributed by atoms with van der Waals surface area (Å²) in [6, 6.07) is 15.5. The van der Waals surface area contributed by atoms with Crippen molar-refractivity contribution in [3.8, 4) is 0 Å². The highest BCUT2D eigenvalue weighted by Crippen LogP contribution is 2.24. The quantitative estimate of drug-likeness (QED) is 0.668. The molecule has 0 aliphatic carbocycles. The summed E-state index contributed by atoms with van der Waals surface area (Å²) >= 11 is 7.46. The van der Waals surface area contributed by atoms with Gasteiger partial charge < -0.3 is 5.32 Å². The van der Waals surface area contributed by atoms with Crippen molar-refractivity contribution in [3.05, 3.63) is 70.2 Å². The van der Waals surface area contributed by atoms with Crippen LogP contribution in [-0.4, -0.2) is 22.5 Å². The van der Waals surface area contributed by atoms with Crippen LogP contribution in [0.25, 0.3) is 0 Å². The topological polar surface area (TPSA) is 53.8 Å². The van der Waals surface area contributed by atoms with Crippen LogP contribution in [0.3, 0.4) is 0 Å². The van der Waals surface area contributed by atoms with Gasteiger partial charge in [0.05, 0.1) is 11.5 Å². The molecule has 6 heteroatoms. The van der Waals surface area contributed by atoms with Crippen molar-refractivity contribution >= 4 is 40.7 Å². The van der Waals surface area contributed by atoms with Gasteiger partial charge in [-0.3, -0.25) is 4.79 Å². The van der Waals surface area contributed by atoms with Gasteiger partial charge in [-0.05, 0) is 30.5 Å². The number of halogens is 1. The molecule has 1 fully saturated rings. The molecule has 0 bridgehead atoms. The number of nitrogens with zero attached hydrogens (tertiary/aromatic N) is 2. The van der Waals surface area contributed by atoms with Crippen molar-refractivity contribution in [1.82, 2.24) is 5.32 Å². The van der Waals surface area contributed by atoms with Crippen LogP contribution in [0.4, 0.5) is 0 Å². The molecule has 1 N–H and O–H groups in total. The van der Waals surface area contributed by atoms with E-state index in [4.69, 9.17) is 11.6 Å².